The highest BCUT2D eigenvalue weighted by Gasteiger charge is 2.23. The first-order valence-electron chi connectivity index (χ1n) is 7.61. The molecule has 0 atom stereocenters. The van der Waals surface area contributed by atoms with Crippen molar-refractivity contribution in [3.63, 3.8) is 0 Å². The summed E-state index contributed by atoms with van der Waals surface area (Å²) in [5.74, 6) is 0.274. The minimum Gasteiger partial charge on any atom is -0.494 e. The van der Waals surface area contributed by atoms with Gasteiger partial charge in [-0.2, -0.15) is 4.68 Å². The number of nitrogens with one attached hydrogen (secondary N) is 2. The second-order valence-electron chi connectivity index (χ2n) is 5.63. The number of methoxy groups -OCH3 is 1. The lowest BCUT2D eigenvalue weighted by molar-refractivity contribution is -0.136. The Morgan fingerprint density at radius 1 is 1.33 bits per heavy atom. The molecule has 9 nitrogen and oxygen atoms in total. The topological polar surface area (TPSA) is 111 Å². The molecule has 1 aromatic heterocycles. The minimum atomic E-state index is -0.708. The summed E-state index contributed by atoms with van der Waals surface area (Å²) in [7, 11) is 1.53. The molecular weight excluding hydrogens is 312 g/mol. The fourth-order valence-corrected chi connectivity index (χ4v) is 2.21. The van der Waals surface area contributed by atoms with Crippen LogP contribution < -0.4 is 15.4 Å². The number of carbonyl (C=O) groups excluding carboxylic acids is 2. The first kappa shape index (κ1) is 15.9. The maximum absolute atomic E-state index is 12.0. The molecule has 0 saturated heterocycles. The van der Waals surface area contributed by atoms with E-state index in [1.165, 1.54) is 11.8 Å². The van der Waals surface area contributed by atoms with Crippen LogP contribution in [-0.2, 0) is 9.59 Å². The Labute approximate surface area is 138 Å². The van der Waals surface area contributed by atoms with Gasteiger partial charge in [0.05, 0.1) is 7.11 Å². The summed E-state index contributed by atoms with van der Waals surface area (Å²) < 4.78 is 6.78. The molecule has 126 valence electrons. The zero-order valence-corrected chi connectivity index (χ0v) is 13.4. The maximum atomic E-state index is 12.0. The molecule has 2 N–H and O–H groups in total. The maximum Gasteiger partial charge on any atom is 0.313 e. The summed E-state index contributed by atoms with van der Waals surface area (Å²) in [5.41, 5.74) is 1.02. The standard InChI is InChI=1S/C15H18N6O3/c1-9-18-19-20-21(9)12-7-11(5-6-13(12)24-2)17-15(23)14(22)16-8-10-3-4-10/h5-7,10H,3-4,8H2,1-2H3,(H,16,22)(H,17,23). The summed E-state index contributed by atoms with van der Waals surface area (Å²) in [6.07, 6.45) is 2.21. The average Bonchev–Trinajstić information content (AvgIpc) is 3.32. The summed E-state index contributed by atoms with van der Waals surface area (Å²) in [4.78, 5) is 23.7. The molecule has 0 spiro atoms. The number of rotatable bonds is 5. The van der Waals surface area contributed by atoms with E-state index in [0.29, 0.717) is 35.4 Å². The van der Waals surface area contributed by atoms with Crippen LogP contribution in [0.5, 0.6) is 5.75 Å². The van der Waals surface area contributed by atoms with Crippen molar-refractivity contribution < 1.29 is 14.3 Å². The van der Waals surface area contributed by atoms with Gasteiger partial charge in [0.1, 0.15) is 11.4 Å². The van der Waals surface area contributed by atoms with E-state index in [9.17, 15) is 9.59 Å². The molecule has 1 fully saturated rings. The number of anilines is 1. The summed E-state index contributed by atoms with van der Waals surface area (Å²) >= 11 is 0. The van der Waals surface area contributed by atoms with E-state index >= 15 is 0 Å². The van der Waals surface area contributed by atoms with Crippen molar-refractivity contribution in [2.24, 2.45) is 5.92 Å². The van der Waals surface area contributed by atoms with E-state index in [4.69, 9.17) is 4.74 Å². The number of ether oxygens (including phenoxy) is 1. The van der Waals surface area contributed by atoms with Crippen LogP contribution in [0.15, 0.2) is 18.2 Å². The molecule has 1 aromatic carbocycles. The van der Waals surface area contributed by atoms with Crippen LogP contribution in [0.2, 0.25) is 0 Å². The number of hydrogen-bond donors (Lipinski definition) is 2. The molecule has 0 aliphatic heterocycles. The molecule has 0 unspecified atom stereocenters. The van der Waals surface area contributed by atoms with Crippen LogP contribution >= 0.6 is 0 Å². The predicted molar refractivity (Wildman–Crippen MR) is 84.8 cm³/mol. The third kappa shape index (κ3) is 3.50. The molecule has 1 heterocycles. The molecule has 0 radical (unpaired) electrons. The quantitative estimate of drug-likeness (QED) is 0.770. The van der Waals surface area contributed by atoms with Gasteiger partial charge in [-0.15, -0.1) is 5.10 Å². The van der Waals surface area contributed by atoms with Gasteiger partial charge in [-0.3, -0.25) is 9.59 Å². The lowest BCUT2D eigenvalue weighted by Gasteiger charge is -2.11. The lowest BCUT2D eigenvalue weighted by atomic mass is 10.2. The van der Waals surface area contributed by atoms with Crippen molar-refractivity contribution in [3.05, 3.63) is 24.0 Å². The van der Waals surface area contributed by atoms with Gasteiger partial charge in [0.15, 0.2) is 5.82 Å². The second kappa shape index (κ2) is 6.65. The normalized spacial score (nSPS) is 13.4. The monoisotopic (exact) mass is 330 g/mol. The Kier molecular flexibility index (Phi) is 4.41. The van der Waals surface area contributed by atoms with Crippen molar-refractivity contribution in [1.29, 1.82) is 0 Å². The average molecular weight is 330 g/mol. The van der Waals surface area contributed by atoms with Crippen LogP contribution in [0, 0.1) is 12.8 Å². The summed E-state index contributed by atoms with van der Waals surface area (Å²) in [5, 5.41) is 16.5. The van der Waals surface area contributed by atoms with Crippen LogP contribution in [0.4, 0.5) is 5.69 Å². The first-order chi connectivity index (χ1) is 11.6. The van der Waals surface area contributed by atoms with Crippen molar-refractivity contribution in [2.75, 3.05) is 19.0 Å². The summed E-state index contributed by atoms with van der Waals surface area (Å²) in [6, 6.07) is 4.97. The highest BCUT2D eigenvalue weighted by atomic mass is 16.5. The Balaban J connectivity index is 1.75. The number of tetrazole rings is 1. The molecule has 3 rings (SSSR count). The van der Waals surface area contributed by atoms with E-state index in [2.05, 4.69) is 26.2 Å². The Bertz CT molecular complexity index is 768. The third-order valence-corrected chi connectivity index (χ3v) is 3.74. The third-order valence-electron chi connectivity index (χ3n) is 3.74. The highest BCUT2D eigenvalue weighted by molar-refractivity contribution is 6.39. The Hall–Kier alpha value is -2.97. The molecule has 0 bridgehead atoms. The minimum absolute atomic E-state index is 0.451. The van der Waals surface area contributed by atoms with Gasteiger partial charge in [-0.25, -0.2) is 0 Å². The number of amides is 2. The predicted octanol–water partition coefficient (Wildman–Crippen LogP) is 0.444. The van der Waals surface area contributed by atoms with Gasteiger partial charge in [0, 0.05) is 12.2 Å². The lowest BCUT2D eigenvalue weighted by Crippen LogP contribution is -2.36. The molecule has 1 saturated carbocycles. The number of aromatic nitrogens is 4. The van der Waals surface area contributed by atoms with Crippen molar-refractivity contribution >= 4 is 17.5 Å². The number of nitrogens with zero attached hydrogens (tertiary/aromatic N) is 4. The Morgan fingerprint density at radius 3 is 2.75 bits per heavy atom. The van der Waals surface area contributed by atoms with Gasteiger partial charge in [-0.05, 0) is 54.3 Å². The van der Waals surface area contributed by atoms with Crippen molar-refractivity contribution in [2.45, 2.75) is 19.8 Å². The summed E-state index contributed by atoms with van der Waals surface area (Å²) in [6.45, 7) is 2.29. The van der Waals surface area contributed by atoms with Crippen LogP contribution in [-0.4, -0.2) is 45.7 Å². The SMILES string of the molecule is COc1ccc(NC(=O)C(=O)NCC2CC2)cc1-n1nnnc1C. The highest BCUT2D eigenvalue weighted by Crippen LogP contribution is 2.28. The largest absolute Gasteiger partial charge is 0.494 e. The van der Waals surface area contributed by atoms with E-state index in [1.54, 1.807) is 25.1 Å². The molecule has 9 heteroatoms. The second-order valence-corrected chi connectivity index (χ2v) is 5.63. The molecular formula is C15H18N6O3. The number of benzene rings is 1. The van der Waals surface area contributed by atoms with Gasteiger partial charge in [-0.1, -0.05) is 0 Å². The molecule has 1 aliphatic carbocycles. The van der Waals surface area contributed by atoms with E-state index in [1.807, 2.05) is 0 Å². The zero-order chi connectivity index (χ0) is 17.1. The van der Waals surface area contributed by atoms with Gasteiger partial charge in [0.25, 0.3) is 0 Å². The fourth-order valence-electron chi connectivity index (χ4n) is 2.21. The van der Waals surface area contributed by atoms with Gasteiger partial charge < -0.3 is 15.4 Å². The van der Waals surface area contributed by atoms with Crippen LogP contribution in [0.25, 0.3) is 5.69 Å². The number of aryl methyl sites for hydroxylation is 1. The number of carbonyl (C=O) groups is 2. The number of hydrogen-bond acceptors (Lipinski definition) is 6. The smallest absolute Gasteiger partial charge is 0.313 e. The van der Waals surface area contributed by atoms with Crippen molar-refractivity contribution in [1.82, 2.24) is 25.5 Å². The van der Waals surface area contributed by atoms with E-state index < -0.39 is 11.8 Å². The van der Waals surface area contributed by atoms with E-state index in [0.717, 1.165) is 12.8 Å². The first-order valence-corrected chi connectivity index (χ1v) is 7.61. The zero-order valence-electron chi connectivity index (χ0n) is 13.4. The van der Waals surface area contributed by atoms with Crippen LogP contribution in [0.3, 0.4) is 0 Å². The van der Waals surface area contributed by atoms with Gasteiger partial charge in [0.2, 0.25) is 0 Å². The van der Waals surface area contributed by atoms with Crippen LogP contribution in [0.1, 0.15) is 18.7 Å². The fraction of sp³-hybridized carbons (Fsp3) is 0.400. The molecule has 2 amide bonds. The van der Waals surface area contributed by atoms with Gasteiger partial charge >= 0.3 is 11.8 Å². The molecule has 1 aliphatic rings. The molecule has 24 heavy (non-hydrogen) atoms. The molecule has 2 aromatic rings. The van der Waals surface area contributed by atoms with E-state index in [-0.39, 0.29) is 0 Å². The van der Waals surface area contributed by atoms with Crippen molar-refractivity contribution in [3.8, 4) is 11.4 Å². The Morgan fingerprint density at radius 2 is 2.12 bits per heavy atom.